The smallest absolute Gasteiger partial charge is 0.146 e. The zero-order chi connectivity index (χ0) is 13.0. The molecule has 0 aliphatic rings. The van der Waals surface area contributed by atoms with Crippen LogP contribution < -0.4 is 11.3 Å². The maximum absolute atomic E-state index is 6.07. The Kier molecular flexibility index (Phi) is 4.19. The number of aryl methyl sites for hydroxylation is 1. The molecule has 0 radical (unpaired) electrons. The topological polar surface area (TPSA) is 76.7 Å². The van der Waals surface area contributed by atoms with E-state index in [4.69, 9.17) is 17.4 Å². The highest BCUT2D eigenvalue weighted by Gasteiger charge is 2.14. The first-order valence-corrected chi connectivity index (χ1v) is 5.91. The minimum atomic E-state index is -0.175. The predicted molar refractivity (Wildman–Crippen MR) is 69.8 cm³/mol. The minimum absolute atomic E-state index is 0.175. The Morgan fingerprint density at radius 3 is 2.67 bits per heavy atom. The van der Waals surface area contributed by atoms with E-state index in [9.17, 15) is 0 Å². The first-order valence-electron chi connectivity index (χ1n) is 5.53. The molecule has 0 amide bonds. The van der Waals surface area contributed by atoms with Gasteiger partial charge in [0.05, 0.1) is 11.1 Å². The molecule has 1 unspecified atom stereocenters. The lowest BCUT2D eigenvalue weighted by molar-refractivity contribution is 0.522. The Bertz CT molecular complexity index is 514. The van der Waals surface area contributed by atoms with E-state index >= 15 is 0 Å². The van der Waals surface area contributed by atoms with Crippen LogP contribution in [0.3, 0.4) is 0 Å². The Hall–Kier alpha value is -1.56. The summed E-state index contributed by atoms with van der Waals surface area (Å²) in [5.41, 5.74) is 4.68. The molecule has 2 heterocycles. The van der Waals surface area contributed by atoms with Crippen molar-refractivity contribution in [1.29, 1.82) is 0 Å². The first-order chi connectivity index (χ1) is 8.70. The molecular weight excluding hydrogens is 250 g/mol. The second-order valence-corrected chi connectivity index (χ2v) is 4.42. The third-order valence-electron chi connectivity index (χ3n) is 2.59. The molecule has 0 saturated heterocycles. The second-order valence-electron chi connectivity index (χ2n) is 4.01. The monoisotopic (exact) mass is 263 g/mol. The number of hydrogen-bond donors (Lipinski definition) is 2. The van der Waals surface area contributed by atoms with E-state index < -0.39 is 0 Å². The van der Waals surface area contributed by atoms with Gasteiger partial charge in [0.15, 0.2) is 0 Å². The Morgan fingerprint density at radius 2 is 2.06 bits per heavy atom. The van der Waals surface area contributed by atoms with Gasteiger partial charge in [0, 0.05) is 24.8 Å². The summed E-state index contributed by atoms with van der Waals surface area (Å²) in [4.78, 5) is 12.5. The van der Waals surface area contributed by atoms with Crippen LogP contribution in [-0.2, 0) is 6.42 Å². The summed E-state index contributed by atoms with van der Waals surface area (Å²) < 4.78 is 0. The van der Waals surface area contributed by atoms with Gasteiger partial charge in [-0.1, -0.05) is 11.6 Å². The van der Waals surface area contributed by atoms with Gasteiger partial charge in [-0.3, -0.25) is 10.8 Å². The highest BCUT2D eigenvalue weighted by Crippen LogP contribution is 2.20. The largest absolute Gasteiger partial charge is 0.271 e. The Labute approximate surface area is 110 Å². The van der Waals surface area contributed by atoms with Crippen LogP contribution in [0, 0.1) is 6.92 Å². The van der Waals surface area contributed by atoms with Gasteiger partial charge in [-0.25, -0.2) is 15.4 Å². The van der Waals surface area contributed by atoms with Gasteiger partial charge in [-0.05, 0) is 30.5 Å². The summed E-state index contributed by atoms with van der Waals surface area (Å²) in [6.45, 7) is 1.94. The number of aromatic nitrogens is 3. The van der Waals surface area contributed by atoms with Gasteiger partial charge in [-0.2, -0.15) is 0 Å². The Balaban J connectivity index is 2.20. The van der Waals surface area contributed by atoms with E-state index in [1.165, 1.54) is 0 Å². The van der Waals surface area contributed by atoms with Gasteiger partial charge >= 0.3 is 0 Å². The molecule has 1 atom stereocenters. The van der Waals surface area contributed by atoms with Crippen molar-refractivity contribution < 1.29 is 0 Å². The van der Waals surface area contributed by atoms with E-state index in [2.05, 4.69) is 20.4 Å². The second kappa shape index (κ2) is 5.86. The molecule has 0 aromatic carbocycles. The number of pyridine rings is 1. The van der Waals surface area contributed by atoms with Crippen molar-refractivity contribution in [2.24, 2.45) is 5.84 Å². The average Bonchev–Trinajstić information content (AvgIpc) is 2.39. The summed E-state index contributed by atoms with van der Waals surface area (Å²) in [5, 5.41) is 0.616. The van der Waals surface area contributed by atoms with Gasteiger partial charge in [0.25, 0.3) is 0 Å². The van der Waals surface area contributed by atoms with E-state index in [1.807, 2.05) is 13.0 Å². The van der Waals surface area contributed by atoms with Crippen LogP contribution in [0.4, 0.5) is 0 Å². The quantitative estimate of drug-likeness (QED) is 0.647. The molecule has 0 spiro atoms. The van der Waals surface area contributed by atoms with Crippen LogP contribution in [0.25, 0.3) is 0 Å². The minimum Gasteiger partial charge on any atom is -0.271 e. The summed E-state index contributed by atoms with van der Waals surface area (Å²) in [6, 6.07) is 1.69. The van der Waals surface area contributed by atoms with Crippen LogP contribution in [0.5, 0.6) is 0 Å². The van der Waals surface area contributed by atoms with Crippen molar-refractivity contribution in [2.75, 3.05) is 0 Å². The molecular formula is C12H14ClN5. The lowest BCUT2D eigenvalue weighted by Crippen LogP contribution is -2.31. The molecule has 0 fully saturated rings. The first kappa shape index (κ1) is 12.9. The molecule has 94 valence electrons. The fourth-order valence-corrected chi connectivity index (χ4v) is 1.79. The lowest BCUT2D eigenvalue weighted by Gasteiger charge is -2.15. The molecule has 5 nitrogen and oxygen atoms in total. The van der Waals surface area contributed by atoms with Crippen molar-refractivity contribution in [3.8, 4) is 0 Å². The van der Waals surface area contributed by atoms with E-state index in [1.54, 1.807) is 24.8 Å². The number of nitrogens with zero attached hydrogens (tertiary/aromatic N) is 3. The van der Waals surface area contributed by atoms with Crippen molar-refractivity contribution in [3.63, 3.8) is 0 Å². The number of rotatable bonds is 4. The molecule has 0 saturated carbocycles. The normalized spacial score (nSPS) is 12.4. The van der Waals surface area contributed by atoms with Crippen LogP contribution in [-0.4, -0.2) is 15.0 Å². The van der Waals surface area contributed by atoms with Crippen molar-refractivity contribution in [3.05, 3.63) is 52.8 Å². The van der Waals surface area contributed by atoms with Gasteiger partial charge in [0.2, 0.25) is 0 Å². The molecule has 0 aliphatic heterocycles. The third-order valence-corrected chi connectivity index (χ3v) is 2.93. The standard InChI is InChI=1S/C12H14ClN5/c1-8-5-16-12(17-6-8)11(18-14)4-9-2-3-15-7-10(9)13/h2-3,5-7,11,18H,4,14H2,1H3. The highest BCUT2D eigenvalue weighted by molar-refractivity contribution is 6.31. The summed E-state index contributed by atoms with van der Waals surface area (Å²) in [6.07, 6.45) is 7.45. The van der Waals surface area contributed by atoms with E-state index in [-0.39, 0.29) is 6.04 Å². The van der Waals surface area contributed by atoms with Crippen LogP contribution in [0.15, 0.2) is 30.9 Å². The predicted octanol–water partition coefficient (Wildman–Crippen LogP) is 1.58. The SMILES string of the molecule is Cc1cnc(C(Cc2ccncc2Cl)NN)nc1. The molecule has 0 aliphatic carbocycles. The fraction of sp³-hybridized carbons (Fsp3) is 0.250. The number of nitrogens with one attached hydrogen (secondary N) is 1. The van der Waals surface area contributed by atoms with Crippen LogP contribution >= 0.6 is 11.6 Å². The number of hydrogen-bond acceptors (Lipinski definition) is 5. The lowest BCUT2D eigenvalue weighted by atomic mass is 10.1. The van der Waals surface area contributed by atoms with Gasteiger partial charge in [0.1, 0.15) is 5.82 Å². The molecule has 0 bridgehead atoms. The molecule has 6 heteroatoms. The van der Waals surface area contributed by atoms with E-state index in [0.717, 1.165) is 11.1 Å². The maximum atomic E-state index is 6.07. The number of nitrogens with two attached hydrogens (primary N) is 1. The van der Waals surface area contributed by atoms with Gasteiger partial charge in [-0.15, -0.1) is 0 Å². The number of halogens is 1. The van der Waals surface area contributed by atoms with Crippen LogP contribution in [0.1, 0.15) is 23.0 Å². The molecule has 18 heavy (non-hydrogen) atoms. The highest BCUT2D eigenvalue weighted by atomic mass is 35.5. The summed E-state index contributed by atoms with van der Waals surface area (Å²) in [5.74, 6) is 6.20. The van der Waals surface area contributed by atoms with Crippen molar-refractivity contribution in [2.45, 2.75) is 19.4 Å². The van der Waals surface area contributed by atoms with Crippen molar-refractivity contribution in [1.82, 2.24) is 20.4 Å². The zero-order valence-corrected chi connectivity index (χ0v) is 10.7. The van der Waals surface area contributed by atoms with E-state index in [0.29, 0.717) is 17.3 Å². The molecule has 2 aromatic heterocycles. The van der Waals surface area contributed by atoms with Crippen molar-refractivity contribution >= 4 is 11.6 Å². The number of hydrazine groups is 1. The fourth-order valence-electron chi connectivity index (χ4n) is 1.60. The average molecular weight is 264 g/mol. The summed E-state index contributed by atoms with van der Waals surface area (Å²) in [7, 11) is 0. The maximum Gasteiger partial charge on any atom is 0.146 e. The molecule has 2 rings (SSSR count). The third kappa shape index (κ3) is 3.01. The summed E-state index contributed by atoms with van der Waals surface area (Å²) >= 11 is 6.07. The van der Waals surface area contributed by atoms with Gasteiger partial charge < -0.3 is 0 Å². The molecule has 3 N–H and O–H groups in total. The zero-order valence-electron chi connectivity index (χ0n) is 9.97. The van der Waals surface area contributed by atoms with Crippen LogP contribution in [0.2, 0.25) is 5.02 Å². The Morgan fingerprint density at radius 1 is 1.33 bits per heavy atom. The molecule has 2 aromatic rings.